The SMILES string of the molecule is COc1ccc(CN2C(=O)C(NCC[C@H]3CCC[C@H](C(N)=O)C3)CCc3ccccc32)cc1. The predicted octanol–water partition coefficient (Wildman–Crippen LogP) is 3.81. The average Bonchev–Trinajstić information content (AvgIpc) is 2.97. The van der Waals surface area contributed by atoms with Gasteiger partial charge >= 0.3 is 0 Å². The molecule has 1 heterocycles. The van der Waals surface area contributed by atoms with Crippen molar-refractivity contribution >= 4 is 17.5 Å². The molecule has 0 radical (unpaired) electrons. The van der Waals surface area contributed by atoms with Crippen LogP contribution in [0, 0.1) is 11.8 Å². The Labute approximate surface area is 196 Å². The van der Waals surface area contributed by atoms with Gasteiger partial charge in [-0.05, 0) is 73.9 Å². The lowest BCUT2D eigenvalue weighted by molar-refractivity contribution is -0.123. The van der Waals surface area contributed by atoms with E-state index < -0.39 is 0 Å². The molecule has 0 saturated heterocycles. The van der Waals surface area contributed by atoms with Crippen LogP contribution in [0.4, 0.5) is 5.69 Å². The van der Waals surface area contributed by atoms with E-state index in [2.05, 4.69) is 11.4 Å². The number of hydrogen-bond acceptors (Lipinski definition) is 4. The van der Waals surface area contributed by atoms with Gasteiger partial charge in [-0.15, -0.1) is 0 Å². The Kier molecular flexibility index (Phi) is 7.65. The zero-order valence-electron chi connectivity index (χ0n) is 19.5. The predicted molar refractivity (Wildman–Crippen MR) is 130 cm³/mol. The molecule has 4 rings (SSSR count). The van der Waals surface area contributed by atoms with E-state index in [4.69, 9.17) is 10.5 Å². The third kappa shape index (κ3) is 5.74. The first-order chi connectivity index (χ1) is 16.0. The Morgan fingerprint density at radius 2 is 1.91 bits per heavy atom. The van der Waals surface area contributed by atoms with E-state index in [9.17, 15) is 9.59 Å². The molecule has 0 aromatic heterocycles. The molecule has 1 saturated carbocycles. The molecule has 2 aromatic rings. The first kappa shape index (κ1) is 23.3. The molecule has 33 heavy (non-hydrogen) atoms. The number of nitrogens with one attached hydrogen (secondary N) is 1. The van der Waals surface area contributed by atoms with Crippen LogP contribution in [0.1, 0.15) is 49.7 Å². The number of benzene rings is 2. The number of ether oxygens (including phenoxy) is 1. The fourth-order valence-electron chi connectivity index (χ4n) is 5.25. The number of rotatable bonds is 8. The molecule has 0 bridgehead atoms. The van der Waals surface area contributed by atoms with Crippen LogP contribution < -0.4 is 20.7 Å². The summed E-state index contributed by atoms with van der Waals surface area (Å²) in [6, 6.07) is 15.9. The van der Waals surface area contributed by atoms with Gasteiger partial charge in [-0.2, -0.15) is 0 Å². The number of para-hydroxylation sites is 1. The highest BCUT2D eigenvalue weighted by Gasteiger charge is 2.31. The van der Waals surface area contributed by atoms with Crippen molar-refractivity contribution in [2.45, 2.75) is 57.5 Å². The fourth-order valence-corrected chi connectivity index (χ4v) is 5.25. The molecule has 2 aromatic carbocycles. The first-order valence-electron chi connectivity index (χ1n) is 12.1. The number of aryl methyl sites for hydroxylation is 1. The standard InChI is InChI=1S/C27H35N3O3/c1-33-23-12-9-20(10-13-23)18-30-25-8-3-2-6-21(25)11-14-24(27(30)32)29-16-15-19-5-4-7-22(17-19)26(28)31/h2-3,6,8-10,12-13,19,22,24,29H,4-5,7,11,14-18H2,1H3,(H2,28,31)/t19-,22+,24?/m1/s1. The maximum Gasteiger partial charge on any atom is 0.244 e. The van der Waals surface area contributed by atoms with Crippen LogP contribution in [0.5, 0.6) is 5.75 Å². The highest BCUT2D eigenvalue weighted by Crippen LogP contribution is 2.31. The minimum atomic E-state index is -0.217. The van der Waals surface area contributed by atoms with E-state index in [0.29, 0.717) is 12.5 Å². The topological polar surface area (TPSA) is 84.7 Å². The summed E-state index contributed by atoms with van der Waals surface area (Å²) in [5.74, 6) is 1.27. The second-order valence-corrected chi connectivity index (χ2v) is 9.37. The minimum absolute atomic E-state index is 0.0118. The molecular weight excluding hydrogens is 414 g/mol. The Morgan fingerprint density at radius 1 is 1.12 bits per heavy atom. The number of nitrogens with two attached hydrogens (primary N) is 1. The van der Waals surface area contributed by atoms with E-state index in [-0.39, 0.29) is 23.8 Å². The van der Waals surface area contributed by atoms with E-state index in [1.807, 2.05) is 47.4 Å². The Bertz CT molecular complexity index is 959. The molecule has 3 N–H and O–H groups in total. The summed E-state index contributed by atoms with van der Waals surface area (Å²) >= 11 is 0. The van der Waals surface area contributed by atoms with Gasteiger partial charge in [0.15, 0.2) is 0 Å². The number of amides is 2. The molecule has 2 amide bonds. The number of fused-ring (bicyclic) bond motifs is 1. The molecule has 2 aliphatic rings. The highest BCUT2D eigenvalue weighted by atomic mass is 16.5. The van der Waals surface area contributed by atoms with Crippen molar-refractivity contribution in [3.63, 3.8) is 0 Å². The van der Waals surface area contributed by atoms with Crippen molar-refractivity contribution in [3.8, 4) is 5.75 Å². The van der Waals surface area contributed by atoms with Crippen LogP contribution >= 0.6 is 0 Å². The van der Waals surface area contributed by atoms with Gasteiger partial charge in [0.05, 0.1) is 19.7 Å². The van der Waals surface area contributed by atoms with E-state index in [1.54, 1.807) is 7.11 Å². The number of anilines is 1. The van der Waals surface area contributed by atoms with Gasteiger partial charge in [-0.25, -0.2) is 0 Å². The van der Waals surface area contributed by atoms with Crippen LogP contribution in [0.25, 0.3) is 0 Å². The summed E-state index contributed by atoms with van der Waals surface area (Å²) in [6.45, 7) is 1.31. The molecule has 6 nitrogen and oxygen atoms in total. The summed E-state index contributed by atoms with van der Waals surface area (Å²) in [7, 11) is 1.65. The number of carbonyl (C=O) groups is 2. The van der Waals surface area contributed by atoms with Crippen molar-refractivity contribution in [2.75, 3.05) is 18.6 Å². The molecule has 3 atom stereocenters. The number of nitrogens with zero attached hydrogens (tertiary/aromatic N) is 1. The van der Waals surface area contributed by atoms with Crippen LogP contribution in [-0.4, -0.2) is 31.5 Å². The summed E-state index contributed by atoms with van der Waals surface area (Å²) in [5.41, 5.74) is 8.81. The van der Waals surface area contributed by atoms with Gasteiger partial charge in [0, 0.05) is 11.6 Å². The van der Waals surface area contributed by atoms with Crippen LogP contribution in [0.2, 0.25) is 0 Å². The maximum absolute atomic E-state index is 13.6. The van der Waals surface area contributed by atoms with Crippen molar-refractivity contribution in [2.24, 2.45) is 17.6 Å². The molecule has 6 heteroatoms. The van der Waals surface area contributed by atoms with Gasteiger partial charge in [-0.3, -0.25) is 9.59 Å². The van der Waals surface area contributed by atoms with Crippen LogP contribution in [-0.2, 0) is 22.6 Å². The molecule has 1 fully saturated rings. The number of hydrogen-bond donors (Lipinski definition) is 2. The quantitative estimate of drug-likeness (QED) is 0.642. The Morgan fingerprint density at radius 3 is 2.67 bits per heavy atom. The van der Waals surface area contributed by atoms with Gasteiger partial charge in [0.25, 0.3) is 0 Å². The summed E-state index contributed by atoms with van der Waals surface area (Å²) in [4.78, 5) is 27.1. The normalized spacial score (nSPS) is 23.0. The third-order valence-electron chi connectivity index (χ3n) is 7.18. The van der Waals surface area contributed by atoms with Crippen LogP contribution in [0.15, 0.2) is 48.5 Å². The molecule has 176 valence electrons. The first-order valence-corrected chi connectivity index (χ1v) is 12.1. The van der Waals surface area contributed by atoms with Crippen molar-refractivity contribution in [1.82, 2.24) is 5.32 Å². The summed E-state index contributed by atoms with van der Waals surface area (Å²) in [5, 5.41) is 3.54. The largest absolute Gasteiger partial charge is 0.497 e. The summed E-state index contributed by atoms with van der Waals surface area (Å²) in [6.07, 6.45) is 6.61. The molecule has 1 aliphatic carbocycles. The molecular formula is C27H35N3O3. The lowest BCUT2D eigenvalue weighted by Gasteiger charge is -2.29. The smallest absolute Gasteiger partial charge is 0.244 e. The van der Waals surface area contributed by atoms with Crippen molar-refractivity contribution in [3.05, 3.63) is 59.7 Å². The minimum Gasteiger partial charge on any atom is -0.497 e. The second-order valence-electron chi connectivity index (χ2n) is 9.37. The van der Waals surface area contributed by atoms with E-state index >= 15 is 0 Å². The van der Waals surface area contributed by atoms with E-state index in [0.717, 1.165) is 68.5 Å². The van der Waals surface area contributed by atoms with Gasteiger partial charge in [0.2, 0.25) is 11.8 Å². The van der Waals surface area contributed by atoms with Gasteiger partial charge < -0.3 is 20.7 Å². The van der Waals surface area contributed by atoms with Crippen molar-refractivity contribution in [1.29, 1.82) is 0 Å². The summed E-state index contributed by atoms with van der Waals surface area (Å²) < 4.78 is 5.27. The number of primary amides is 1. The maximum atomic E-state index is 13.6. The Hall–Kier alpha value is -2.86. The number of carbonyl (C=O) groups excluding carboxylic acids is 2. The van der Waals surface area contributed by atoms with Gasteiger partial charge in [0.1, 0.15) is 5.75 Å². The lowest BCUT2D eigenvalue weighted by atomic mass is 9.79. The monoisotopic (exact) mass is 449 g/mol. The lowest BCUT2D eigenvalue weighted by Crippen LogP contribution is -2.46. The van der Waals surface area contributed by atoms with E-state index in [1.165, 1.54) is 5.56 Å². The second kappa shape index (κ2) is 10.8. The van der Waals surface area contributed by atoms with Gasteiger partial charge in [-0.1, -0.05) is 43.2 Å². The molecule has 1 unspecified atom stereocenters. The zero-order valence-corrected chi connectivity index (χ0v) is 19.5. The Balaban J connectivity index is 1.43. The average molecular weight is 450 g/mol. The fraction of sp³-hybridized carbons (Fsp3) is 0.481. The molecule has 0 spiro atoms. The van der Waals surface area contributed by atoms with Crippen molar-refractivity contribution < 1.29 is 14.3 Å². The number of methoxy groups -OCH3 is 1. The van der Waals surface area contributed by atoms with Crippen LogP contribution in [0.3, 0.4) is 0 Å². The molecule has 1 aliphatic heterocycles. The third-order valence-corrected chi connectivity index (χ3v) is 7.18. The highest BCUT2D eigenvalue weighted by molar-refractivity contribution is 5.98. The zero-order chi connectivity index (χ0) is 23.2.